The Bertz CT molecular complexity index is 568. The summed E-state index contributed by atoms with van der Waals surface area (Å²) in [6.07, 6.45) is 3.94. The fourth-order valence-corrected chi connectivity index (χ4v) is 2.35. The molecule has 0 aromatic carbocycles. The van der Waals surface area contributed by atoms with Crippen molar-refractivity contribution >= 4 is 23.5 Å². The van der Waals surface area contributed by atoms with Gasteiger partial charge in [-0.25, -0.2) is 5.43 Å². The number of aryl methyl sites for hydroxylation is 2. The third kappa shape index (κ3) is 3.07. The maximum absolute atomic E-state index is 11.6. The van der Waals surface area contributed by atoms with Gasteiger partial charge in [0, 0.05) is 23.8 Å². The van der Waals surface area contributed by atoms with E-state index >= 15 is 0 Å². The molecule has 5 heteroatoms. The molecule has 0 aliphatic carbocycles. The van der Waals surface area contributed by atoms with Gasteiger partial charge in [0.25, 0.3) is 0 Å². The van der Waals surface area contributed by atoms with E-state index in [1.54, 1.807) is 17.6 Å². The van der Waals surface area contributed by atoms with Gasteiger partial charge in [0.1, 0.15) is 0 Å². The molecule has 4 nitrogen and oxygen atoms in total. The second-order valence-electron chi connectivity index (χ2n) is 4.05. The Balaban J connectivity index is 1.87. The van der Waals surface area contributed by atoms with Gasteiger partial charge in [0.05, 0.1) is 12.6 Å². The molecule has 2 rings (SSSR count). The predicted molar refractivity (Wildman–Crippen MR) is 73.9 cm³/mol. The molecule has 2 aromatic rings. The van der Waals surface area contributed by atoms with Gasteiger partial charge in [-0.2, -0.15) is 5.10 Å². The van der Waals surface area contributed by atoms with Crippen molar-refractivity contribution in [3.63, 3.8) is 0 Å². The molecule has 18 heavy (non-hydrogen) atoms. The molecule has 1 N–H and O–H groups in total. The number of nitrogens with zero attached hydrogens (tertiary/aromatic N) is 2. The largest absolute Gasteiger partial charge is 0.354 e. The lowest BCUT2D eigenvalue weighted by Gasteiger charge is -2.01. The molecule has 2 aromatic heterocycles. The summed E-state index contributed by atoms with van der Waals surface area (Å²) < 4.78 is 1.92. The van der Waals surface area contributed by atoms with E-state index < -0.39 is 0 Å². The third-order valence-electron chi connectivity index (χ3n) is 2.67. The van der Waals surface area contributed by atoms with Crippen molar-refractivity contribution in [2.75, 3.05) is 0 Å². The number of thiophene rings is 1. The lowest BCUT2D eigenvalue weighted by molar-refractivity contribution is -0.120. The van der Waals surface area contributed by atoms with Gasteiger partial charge in [-0.05, 0) is 36.1 Å². The summed E-state index contributed by atoms with van der Waals surface area (Å²) >= 11 is 1.60. The van der Waals surface area contributed by atoms with Crippen molar-refractivity contribution in [2.45, 2.75) is 13.3 Å². The molecule has 2 heterocycles. The average Bonchev–Trinajstić information content (AvgIpc) is 2.90. The van der Waals surface area contributed by atoms with E-state index in [-0.39, 0.29) is 5.91 Å². The number of hydrogen-bond donors (Lipinski definition) is 1. The molecule has 94 valence electrons. The van der Waals surface area contributed by atoms with Gasteiger partial charge in [-0.15, -0.1) is 11.3 Å². The lowest BCUT2D eigenvalue weighted by Crippen LogP contribution is -2.20. The van der Waals surface area contributed by atoms with Crippen LogP contribution in [0.15, 0.2) is 34.9 Å². The fraction of sp³-hybridized carbons (Fsp3) is 0.231. The van der Waals surface area contributed by atoms with E-state index in [4.69, 9.17) is 0 Å². The first kappa shape index (κ1) is 12.6. The van der Waals surface area contributed by atoms with Crippen LogP contribution in [0, 0.1) is 6.92 Å². The van der Waals surface area contributed by atoms with E-state index in [1.165, 1.54) is 5.56 Å². The van der Waals surface area contributed by atoms with E-state index in [1.807, 2.05) is 48.3 Å². The first-order chi connectivity index (χ1) is 8.66. The summed E-state index contributed by atoms with van der Waals surface area (Å²) in [5.74, 6) is -0.109. The molecule has 0 unspecified atom stereocenters. The summed E-state index contributed by atoms with van der Waals surface area (Å²) in [5, 5.41) is 5.96. The van der Waals surface area contributed by atoms with Crippen molar-refractivity contribution in [1.82, 2.24) is 9.99 Å². The Labute approximate surface area is 110 Å². The van der Waals surface area contributed by atoms with Crippen LogP contribution in [0.4, 0.5) is 0 Å². The Kier molecular flexibility index (Phi) is 3.94. The highest BCUT2D eigenvalue weighted by atomic mass is 32.1. The van der Waals surface area contributed by atoms with Crippen molar-refractivity contribution in [3.05, 3.63) is 45.9 Å². The van der Waals surface area contributed by atoms with Crippen molar-refractivity contribution in [2.24, 2.45) is 12.1 Å². The molecule has 0 aliphatic rings. The zero-order valence-corrected chi connectivity index (χ0v) is 11.2. The van der Waals surface area contributed by atoms with Crippen LogP contribution in [0.1, 0.15) is 16.1 Å². The standard InChI is InChI=1S/C13H15N3OS/c1-10-5-7-18-12(10)9-14-15-13(17)8-11-4-3-6-16(11)2/h3-7,9H,8H2,1-2H3,(H,15,17). The Morgan fingerprint density at radius 2 is 2.39 bits per heavy atom. The highest BCUT2D eigenvalue weighted by Crippen LogP contribution is 2.12. The number of aromatic nitrogens is 1. The van der Waals surface area contributed by atoms with Gasteiger partial charge in [-0.3, -0.25) is 4.79 Å². The second kappa shape index (κ2) is 5.64. The number of hydrogen-bond acceptors (Lipinski definition) is 3. The molecule has 0 saturated heterocycles. The van der Waals surface area contributed by atoms with Crippen LogP contribution in [-0.2, 0) is 18.3 Å². The SMILES string of the molecule is Cc1ccsc1C=NNC(=O)Cc1cccn1C. The summed E-state index contributed by atoms with van der Waals surface area (Å²) in [6, 6.07) is 5.87. The molecule has 0 spiro atoms. The van der Waals surface area contributed by atoms with Crippen LogP contribution >= 0.6 is 11.3 Å². The lowest BCUT2D eigenvalue weighted by atomic mass is 10.3. The summed E-state index contributed by atoms with van der Waals surface area (Å²) in [4.78, 5) is 12.7. The first-order valence-electron chi connectivity index (χ1n) is 5.63. The molecule has 0 fully saturated rings. The first-order valence-corrected chi connectivity index (χ1v) is 6.51. The highest BCUT2D eigenvalue weighted by Gasteiger charge is 2.04. The molecule has 1 amide bonds. The molecular formula is C13H15N3OS. The zero-order valence-electron chi connectivity index (χ0n) is 10.4. The Morgan fingerprint density at radius 3 is 3.00 bits per heavy atom. The number of carbonyl (C=O) groups is 1. The number of nitrogens with one attached hydrogen (secondary N) is 1. The Morgan fingerprint density at radius 1 is 1.56 bits per heavy atom. The minimum absolute atomic E-state index is 0.109. The van der Waals surface area contributed by atoms with Crippen LogP contribution in [-0.4, -0.2) is 16.7 Å². The molecule has 0 atom stereocenters. The predicted octanol–water partition coefficient (Wildman–Crippen LogP) is 2.09. The minimum Gasteiger partial charge on any atom is -0.354 e. The topological polar surface area (TPSA) is 46.4 Å². The number of amides is 1. The monoisotopic (exact) mass is 261 g/mol. The van der Waals surface area contributed by atoms with Gasteiger partial charge in [0.15, 0.2) is 0 Å². The number of rotatable bonds is 4. The Hall–Kier alpha value is -1.88. The van der Waals surface area contributed by atoms with Gasteiger partial charge < -0.3 is 4.57 Å². The third-order valence-corrected chi connectivity index (χ3v) is 3.62. The maximum Gasteiger partial charge on any atom is 0.245 e. The minimum atomic E-state index is -0.109. The molecule has 0 bridgehead atoms. The molecule has 0 saturated carbocycles. The van der Waals surface area contributed by atoms with E-state index in [0.717, 1.165) is 10.6 Å². The number of carbonyl (C=O) groups excluding carboxylic acids is 1. The zero-order chi connectivity index (χ0) is 13.0. The van der Waals surface area contributed by atoms with Crippen molar-refractivity contribution in [1.29, 1.82) is 0 Å². The maximum atomic E-state index is 11.6. The van der Waals surface area contributed by atoms with Crippen molar-refractivity contribution < 1.29 is 4.79 Å². The van der Waals surface area contributed by atoms with Crippen LogP contribution < -0.4 is 5.43 Å². The van der Waals surface area contributed by atoms with E-state index in [0.29, 0.717) is 6.42 Å². The van der Waals surface area contributed by atoms with Crippen LogP contribution in [0.3, 0.4) is 0 Å². The van der Waals surface area contributed by atoms with E-state index in [2.05, 4.69) is 10.5 Å². The van der Waals surface area contributed by atoms with Gasteiger partial charge in [0.2, 0.25) is 5.91 Å². The van der Waals surface area contributed by atoms with Crippen LogP contribution in [0.5, 0.6) is 0 Å². The van der Waals surface area contributed by atoms with E-state index in [9.17, 15) is 4.79 Å². The fourth-order valence-electron chi connectivity index (χ4n) is 1.56. The van der Waals surface area contributed by atoms with Gasteiger partial charge in [-0.1, -0.05) is 0 Å². The summed E-state index contributed by atoms with van der Waals surface area (Å²) in [5.41, 5.74) is 4.67. The molecule has 0 radical (unpaired) electrons. The molecule has 0 aliphatic heterocycles. The van der Waals surface area contributed by atoms with Crippen LogP contribution in [0.25, 0.3) is 0 Å². The number of hydrazone groups is 1. The summed E-state index contributed by atoms with van der Waals surface area (Å²) in [6.45, 7) is 2.02. The smallest absolute Gasteiger partial charge is 0.245 e. The normalized spacial score (nSPS) is 11.0. The average molecular weight is 261 g/mol. The quantitative estimate of drug-likeness (QED) is 0.665. The highest BCUT2D eigenvalue weighted by molar-refractivity contribution is 7.11. The summed E-state index contributed by atoms with van der Waals surface area (Å²) in [7, 11) is 1.92. The van der Waals surface area contributed by atoms with Gasteiger partial charge >= 0.3 is 0 Å². The van der Waals surface area contributed by atoms with Crippen LogP contribution in [0.2, 0.25) is 0 Å². The van der Waals surface area contributed by atoms with Crippen molar-refractivity contribution in [3.8, 4) is 0 Å². The molecular weight excluding hydrogens is 246 g/mol. The second-order valence-corrected chi connectivity index (χ2v) is 5.00.